The van der Waals surface area contributed by atoms with Crippen LogP contribution in [0, 0.1) is 0 Å². The molecular weight excluding hydrogens is 238 g/mol. The number of methoxy groups -OCH3 is 1. The standard InChI is InChI=1S/C12H17NO3S/c1-11(2,3)9-13-8(5-17-9)12(6-16-7-12)10(14)15-4/h5H,6-7H2,1-4H3. The summed E-state index contributed by atoms with van der Waals surface area (Å²) in [5.74, 6) is -0.255. The average Bonchev–Trinajstić information content (AvgIpc) is 2.64. The van der Waals surface area contributed by atoms with Crippen LogP contribution >= 0.6 is 11.3 Å². The molecule has 0 amide bonds. The Morgan fingerprint density at radius 2 is 2.18 bits per heavy atom. The fourth-order valence-corrected chi connectivity index (χ4v) is 2.72. The minimum absolute atomic E-state index is 0.00479. The molecular formula is C12H17NO3S. The summed E-state index contributed by atoms with van der Waals surface area (Å²) < 4.78 is 10.0. The molecule has 1 aromatic rings. The molecule has 0 aliphatic carbocycles. The predicted molar refractivity (Wildman–Crippen MR) is 65.3 cm³/mol. The first-order valence-electron chi connectivity index (χ1n) is 5.53. The molecule has 0 aromatic carbocycles. The maximum Gasteiger partial charge on any atom is 0.322 e. The van der Waals surface area contributed by atoms with Gasteiger partial charge in [-0.05, 0) is 0 Å². The Hall–Kier alpha value is -0.940. The molecule has 94 valence electrons. The van der Waals surface area contributed by atoms with Crippen molar-refractivity contribution in [2.24, 2.45) is 0 Å². The summed E-state index contributed by atoms with van der Waals surface area (Å²) in [6.45, 7) is 7.06. The first kappa shape index (κ1) is 12.5. The third-order valence-electron chi connectivity index (χ3n) is 2.91. The SMILES string of the molecule is COC(=O)C1(c2csc(C(C)(C)C)n2)COC1. The van der Waals surface area contributed by atoms with Gasteiger partial charge in [0.15, 0.2) is 5.41 Å². The second kappa shape index (κ2) is 4.07. The zero-order chi connectivity index (χ0) is 12.7. The molecule has 0 radical (unpaired) electrons. The Labute approximate surface area is 105 Å². The second-order valence-corrected chi connectivity index (χ2v) is 6.21. The van der Waals surface area contributed by atoms with Gasteiger partial charge in [-0.2, -0.15) is 0 Å². The van der Waals surface area contributed by atoms with Crippen molar-refractivity contribution < 1.29 is 14.3 Å². The van der Waals surface area contributed by atoms with E-state index in [1.165, 1.54) is 7.11 Å². The first-order valence-corrected chi connectivity index (χ1v) is 6.41. The van der Waals surface area contributed by atoms with Crippen LogP contribution in [-0.2, 0) is 25.1 Å². The summed E-state index contributed by atoms with van der Waals surface area (Å²) in [5.41, 5.74) is 0.116. The molecule has 0 saturated carbocycles. The van der Waals surface area contributed by atoms with E-state index in [1.54, 1.807) is 11.3 Å². The van der Waals surface area contributed by atoms with E-state index < -0.39 is 5.41 Å². The fourth-order valence-electron chi connectivity index (χ4n) is 1.71. The smallest absolute Gasteiger partial charge is 0.322 e. The maximum absolute atomic E-state index is 11.8. The summed E-state index contributed by atoms with van der Waals surface area (Å²) in [7, 11) is 1.40. The summed E-state index contributed by atoms with van der Waals surface area (Å²) in [6.07, 6.45) is 0. The summed E-state index contributed by atoms with van der Waals surface area (Å²) in [6, 6.07) is 0. The molecule has 1 fully saturated rings. The third-order valence-corrected chi connectivity index (χ3v) is 4.18. The van der Waals surface area contributed by atoms with Gasteiger partial charge in [0.25, 0.3) is 0 Å². The van der Waals surface area contributed by atoms with Gasteiger partial charge in [-0.3, -0.25) is 4.79 Å². The van der Waals surface area contributed by atoms with E-state index in [2.05, 4.69) is 25.8 Å². The van der Waals surface area contributed by atoms with E-state index in [1.807, 2.05) is 5.38 Å². The van der Waals surface area contributed by atoms with Crippen molar-refractivity contribution in [1.82, 2.24) is 4.98 Å². The van der Waals surface area contributed by atoms with E-state index in [4.69, 9.17) is 9.47 Å². The molecule has 1 aliphatic rings. The van der Waals surface area contributed by atoms with Crippen LogP contribution < -0.4 is 0 Å². The van der Waals surface area contributed by atoms with Crippen LogP contribution in [0.5, 0.6) is 0 Å². The van der Waals surface area contributed by atoms with Crippen LogP contribution in [0.4, 0.5) is 0 Å². The lowest BCUT2D eigenvalue weighted by atomic mass is 9.83. The van der Waals surface area contributed by atoms with Crippen LogP contribution in [0.1, 0.15) is 31.5 Å². The number of carbonyl (C=O) groups is 1. The topological polar surface area (TPSA) is 48.4 Å². The van der Waals surface area contributed by atoms with Crippen molar-refractivity contribution in [2.45, 2.75) is 31.6 Å². The number of carbonyl (C=O) groups excluding carboxylic acids is 1. The van der Waals surface area contributed by atoms with Crippen molar-refractivity contribution in [2.75, 3.05) is 20.3 Å². The Bertz CT molecular complexity index is 429. The molecule has 0 atom stereocenters. The largest absolute Gasteiger partial charge is 0.468 e. The molecule has 5 heteroatoms. The molecule has 1 saturated heterocycles. The average molecular weight is 255 g/mol. The summed E-state index contributed by atoms with van der Waals surface area (Å²) in [4.78, 5) is 16.4. The van der Waals surface area contributed by atoms with Gasteiger partial charge in [0.05, 0.1) is 31.0 Å². The maximum atomic E-state index is 11.8. The van der Waals surface area contributed by atoms with E-state index >= 15 is 0 Å². The normalized spacial score (nSPS) is 18.6. The lowest BCUT2D eigenvalue weighted by Crippen LogP contribution is -2.54. The lowest BCUT2D eigenvalue weighted by Gasteiger charge is -2.37. The Kier molecular flexibility index (Phi) is 2.99. The molecule has 0 unspecified atom stereocenters. The minimum Gasteiger partial charge on any atom is -0.468 e. The molecule has 2 heterocycles. The van der Waals surface area contributed by atoms with E-state index in [9.17, 15) is 4.79 Å². The Balaban J connectivity index is 2.33. The zero-order valence-corrected chi connectivity index (χ0v) is 11.4. The van der Waals surface area contributed by atoms with Gasteiger partial charge in [-0.1, -0.05) is 20.8 Å². The highest BCUT2D eigenvalue weighted by atomic mass is 32.1. The number of thiazole rings is 1. The van der Waals surface area contributed by atoms with Crippen molar-refractivity contribution in [3.05, 3.63) is 16.1 Å². The highest BCUT2D eigenvalue weighted by molar-refractivity contribution is 7.09. The number of nitrogens with zero attached hydrogens (tertiary/aromatic N) is 1. The Morgan fingerprint density at radius 1 is 1.53 bits per heavy atom. The highest BCUT2D eigenvalue weighted by Crippen LogP contribution is 2.36. The van der Waals surface area contributed by atoms with Gasteiger partial charge in [0.2, 0.25) is 0 Å². The summed E-state index contributed by atoms with van der Waals surface area (Å²) >= 11 is 1.59. The van der Waals surface area contributed by atoms with Crippen LogP contribution in [0.3, 0.4) is 0 Å². The molecule has 0 bridgehead atoms. The molecule has 17 heavy (non-hydrogen) atoms. The number of ether oxygens (including phenoxy) is 2. The highest BCUT2D eigenvalue weighted by Gasteiger charge is 2.50. The van der Waals surface area contributed by atoms with Gasteiger partial charge < -0.3 is 9.47 Å². The van der Waals surface area contributed by atoms with Crippen molar-refractivity contribution in [3.8, 4) is 0 Å². The van der Waals surface area contributed by atoms with Crippen molar-refractivity contribution in [1.29, 1.82) is 0 Å². The van der Waals surface area contributed by atoms with Crippen LogP contribution in [0.2, 0.25) is 0 Å². The molecule has 0 N–H and O–H groups in total. The van der Waals surface area contributed by atoms with Crippen LogP contribution in [-0.4, -0.2) is 31.3 Å². The molecule has 2 rings (SSSR count). The number of aromatic nitrogens is 1. The molecule has 4 nitrogen and oxygen atoms in total. The van der Waals surface area contributed by atoms with Crippen molar-refractivity contribution >= 4 is 17.3 Å². The second-order valence-electron chi connectivity index (χ2n) is 5.35. The summed E-state index contributed by atoms with van der Waals surface area (Å²) in [5, 5.41) is 2.97. The van der Waals surface area contributed by atoms with Gasteiger partial charge in [-0.15, -0.1) is 11.3 Å². The Morgan fingerprint density at radius 3 is 2.53 bits per heavy atom. The predicted octanol–water partition coefficient (Wildman–Crippen LogP) is 1.88. The number of hydrogen-bond acceptors (Lipinski definition) is 5. The fraction of sp³-hybridized carbons (Fsp3) is 0.667. The molecule has 1 aliphatic heterocycles. The van der Waals surface area contributed by atoms with Gasteiger partial charge in [-0.25, -0.2) is 4.98 Å². The first-order chi connectivity index (χ1) is 7.90. The number of hydrogen-bond donors (Lipinski definition) is 0. The van der Waals surface area contributed by atoms with Crippen LogP contribution in [0.25, 0.3) is 0 Å². The third kappa shape index (κ3) is 1.98. The minimum atomic E-state index is -0.672. The van der Waals surface area contributed by atoms with Crippen molar-refractivity contribution in [3.63, 3.8) is 0 Å². The van der Waals surface area contributed by atoms with E-state index in [0.717, 1.165) is 10.7 Å². The van der Waals surface area contributed by atoms with E-state index in [-0.39, 0.29) is 11.4 Å². The van der Waals surface area contributed by atoms with Crippen LogP contribution in [0.15, 0.2) is 5.38 Å². The number of esters is 1. The lowest BCUT2D eigenvalue weighted by molar-refractivity contribution is -0.167. The van der Waals surface area contributed by atoms with Gasteiger partial charge >= 0.3 is 5.97 Å². The molecule has 1 aromatic heterocycles. The monoisotopic (exact) mass is 255 g/mol. The van der Waals surface area contributed by atoms with E-state index in [0.29, 0.717) is 13.2 Å². The van der Waals surface area contributed by atoms with Gasteiger partial charge in [0, 0.05) is 10.8 Å². The quantitative estimate of drug-likeness (QED) is 0.757. The number of rotatable bonds is 2. The molecule has 0 spiro atoms. The van der Waals surface area contributed by atoms with Gasteiger partial charge in [0.1, 0.15) is 0 Å². The zero-order valence-electron chi connectivity index (χ0n) is 10.6.